The van der Waals surface area contributed by atoms with E-state index in [4.69, 9.17) is 11.6 Å². The van der Waals surface area contributed by atoms with Crippen molar-refractivity contribution in [3.63, 3.8) is 0 Å². The van der Waals surface area contributed by atoms with Gasteiger partial charge in [0.15, 0.2) is 0 Å². The van der Waals surface area contributed by atoms with Crippen molar-refractivity contribution in [1.82, 2.24) is 9.13 Å². The molecule has 5 rings (SSSR count). The van der Waals surface area contributed by atoms with Gasteiger partial charge in [-0.15, -0.1) is 0 Å². The van der Waals surface area contributed by atoms with E-state index in [9.17, 15) is 4.79 Å². The van der Waals surface area contributed by atoms with Gasteiger partial charge in [-0.3, -0.25) is 9.13 Å². The standard InChI is InChI=1S/C27H19ClN2O/c28-22-16-18-24(19-17-22)30-26(21-12-6-2-7-13-21)25(20-10-4-1-5-11-20)29(27(30)31)23-14-8-3-9-15-23/h1-19H. The predicted octanol–water partition coefficient (Wildman–Crippen LogP) is 6.62. The molecule has 0 aliphatic carbocycles. The Morgan fingerprint density at radius 3 is 1.32 bits per heavy atom. The molecule has 0 radical (unpaired) electrons. The summed E-state index contributed by atoms with van der Waals surface area (Å²) in [5, 5.41) is 0.629. The minimum atomic E-state index is -0.133. The van der Waals surface area contributed by atoms with Gasteiger partial charge in [0.1, 0.15) is 0 Å². The van der Waals surface area contributed by atoms with Gasteiger partial charge in [-0.1, -0.05) is 90.5 Å². The van der Waals surface area contributed by atoms with Crippen LogP contribution in [-0.4, -0.2) is 9.13 Å². The average Bonchev–Trinajstić information content (AvgIpc) is 3.14. The molecule has 0 atom stereocenters. The summed E-state index contributed by atoms with van der Waals surface area (Å²) in [4.78, 5) is 13.9. The molecule has 0 saturated heterocycles. The van der Waals surface area contributed by atoms with E-state index in [0.717, 1.165) is 33.9 Å². The summed E-state index contributed by atoms with van der Waals surface area (Å²) >= 11 is 6.13. The molecule has 0 spiro atoms. The zero-order valence-electron chi connectivity index (χ0n) is 16.7. The van der Waals surface area contributed by atoms with E-state index in [1.54, 1.807) is 21.3 Å². The van der Waals surface area contributed by atoms with Crippen LogP contribution in [0.3, 0.4) is 0 Å². The summed E-state index contributed by atoms with van der Waals surface area (Å²) in [7, 11) is 0. The second-order valence-corrected chi connectivity index (χ2v) is 7.63. The van der Waals surface area contributed by atoms with Crippen LogP contribution in [0, 0.1) is 0 Å². The van der Waals surface area contributed by atoms with Crippen molar-refractivity contribution < 1.29 is 0 Å². The SMILES string of the molecule is O=c1n(-c2ccccc2)c(-c2ccccc2)c(-c2ccccc2)n1-c1ccc(Cl)cc1. The van der Waals surface area contributed by atoms with Crippen molar-refractivity contribution in [2.75, 3.05) is 0 Å². The van der Waals surface area contributed by atoms with Crippen LogP contribution in [0.4, 0.5) is 0 Å². The van der Waals surface area contributed by atoms with Gasteiger partial charge in [-0.05, 0) is 36.4 Å². The summed E-state index contributed by atoms with van der Waals surface area (Å²) in [5.41, 5.74) is 5.06. The van der Waals surface area contributed by atoms with Gasteiger partial charge in [-0.25, -0.2) is 4.79 Å². The fourth-order valence-corrected chi connectivity index (χ4v) is 4.00. The molecule has 0 N–H and O–H groups in total. The minimum absolute atomic E-state index is 0.133. The first-order valence-corrected chi connectivity index (χ1v) is 10.4. The first kappa shape index (κ1) is 19.2. The molecule has 0 amide bonds. The molecule has 0 saturated carbocycles. The van der Waals surface area contributed by atoms with Crippen LogP contribution in [0.15, 0.2) is 120 Å². The zero-order chi connectivity index (χ0) is 21.2. The maximum Gasteiger partial charge on any atom is 0.338 e. The highest BCUT2D eigenvalue weighted by molar-refractivity contribution is 6.30. The Balaban J connectivity index is 1.95. The van der Waals surface area contributed by atoms with Gasteiger partial charge in [0.2, 0.25) is 0 Å². The first-order chi connectivity index (χ1) is 15.2. The second-order valence-electron chi connectivity index (χ2n) is 7.19. The number of hydrogen-bond donors (Lipinski definition) is 0. The van der Waals surface area contributed by atoms with Crippen molar-refractivity contribution in [3.8, 4) is 33.9 Å². The Labute approximate surface area is 185 Å². The molecule has 0 aliphatic heterocycles. The summed E-state index contributed by atoms with van der Waals surface area (Å²) in [6.45, 7) is 0. The zero-order valence-corrected chi connectivity index (χ0v) is 17.4. The van der Waals surface area contributed by atoms with Crippen LogP contribution in [0.2, 0.25) is 5.02 Å². The first-order valence-electron chi connectivity index (χ1n) is 10.0. The largest absolute Gasteiger partial charge is 0.338 e. The number of halogens is 1. The molecule has 0 bridgehead atoms. The van der Waals surface area contributed by atoms with Crippen LogP contribution in [-0.2, 0) is 0 Å². The number of benzene rings is 4. The quantitative estimate of drug-likeness (QED) is 0.320. The third-order valence-corrected chi connectivity index (χ3v) is 5.50. The van der Waals surface area contributed by atoms with Crippen molar-refractivity contribution in [2.24, 2.45) is 0 Å². The second kappa shape index (κ2) is 8.13. The summed E-state index contributed by atoms with van der Waals surface area (Å²) in [6.07, 6.45) is 0. The molecule has 0 aliphatic rings. The van der Waals surface area contributed by atoms with E-state index < -0.39 is 0 Å². The molecule has 150 valence electrons. The van der Waals surface area contributed by atoms with Crippen LogP contribution in [0.25, 0.3) is 33.9 Å². The third kappa shape index (κ3) is 3.49. The Kier molecular flexibility index (Phi) is 5.03. The lowest BCUT2D eigenvalue weighted by molar-refractivity contribution is 0.914. The Morgan fingerprint density at radius 1 is 0.484 bits per heavy atom. The molecule has 5 aromatic rings. The van der Waals surface area contributed by atoms with Gasteiger partial charge < -0.3 is 0 Å². The Bertz CT molecular complexity index is 1370. The van der Waals surface area contributed by atoms with Crippen molar-refractivity contribution in [2.45, 2.75) is 0 Å². The Hall–Kier alpha value is -3.82. The van der Waals surface area contributed by atoms with E-state index in [0.29, 0.717) is 5.02 Å². The highest BCUT2D eigenvalue weighted by Gasteiger charge is 2.24. The lowest BCUT2D eigenvalue weighted by atomic mass is 10.0. The van der Waals surface area contributed by atoms with Crippen LogP contribution < -0.4 is 5.69 Å². The molecule has 4 heteroatoms. The maximum atomic E-state index is 13.9. The fourth-order valence-electron chi connectivity index (χ4n) is 3.87. The minimum Gasteiger partial charge on any atom is -0.260 e. The van der Waals surface area contributed by atoms with Gasteiger partial charge in [0.25, 0.3) is 0 Å². The highest BCUT2D eigenvalue weighted by Crippen LogP contribution is 2.35. The molecular weight excluding hydrogens is 404 g/mol. The summed E-state index contributed by atoms with van der Waals surface area (Å²) in [5.74, 6) is 0. The number of nitrogens with zero attached hydrogens (tertiary/aromatic N) is 2. The van der Waals surface area contributed by atoms with Crippen molar-refractivity contribution in [1.29, 1.82) is 0 Å². The van der Waals surface area contributed by atoms with Crippen LogP contribution in [0.1, 0.15) is 0 Å². The van der Waals surface area contributed by atoms with Gasteiger partial charge in [0.05, 0.1) is 22.8 Å². The van der Waals surface area contributed by atoms with E-state index >= 15 is 0 Å². The molecule has 31 heavy (non-hydrogen) atoms. The third-order valence-electron chi connectivity index (χ3n) is 5.25. The number of aromatic nitrogens is 2. The highest BCUT2D eigenvalue weighted by atomic mass is 35.5. The molecule has 1 heterocycles. The van der Waals surface area contributed by atoms with Crippen molar-refractivity contribution in [3.05, 3.63) is 131 Å². The topological polar surface area (TPSA) is 26.9 Å². The van der Waals surface area contributed by atoms with E-state index in [1.165, 1.54) is 0 Å². The molecule has 4 aromatic carbocycles. The Morgan fingerprint density at radius 2 is 0.871 bits per heavy atom. The monoisotopic (exact) mass is 422 g/mol. The normalized spacial score (nSPS) is 10.9. The van der Waals surface area contributed by atoms with E-state index in [1.807, 2.05) is 103 Å². The smallest absolute Gasteiger partial charge is 0.260 e. The van der Waals surface area contributed by atoms with Crippen LogP contribution in [0.5, 0.6) is 0 Å². The van der Waals surface area contributed by atoms with Gasteiger partial charge in [-0.2, -0.15) is 0 Å². The number of rotatable bonds is 4. The molecule has 0 fully saturated rings. The maximum absolute atomic E-state index is 13.9. The van der Waals surface area contributed by atoms with E-state index in [2.05, 4.69) is 0 Å². The summed E-state index contributed by atoms with van der Waals surface area (Å²) in [6, 6.07) is 37.1. The lowest BCUT2D eigenvalue weighted by Crippen LogP contribution is -2.22. The summed E-state index contributed by atoms with van der Waals surface area (Å²) < 4.78 is 3.55. The number of para-hydroxylation sites is 1. The lowest BCUT2D eigenvalue weighted by Gasteiger charge is -2.12. The van der Waals surface area contributed by atoms with Gasteiger partial charge >= 0.3 is 5.69 Å². The molecule has 1 aromatic heterocycles. The van der Waals surface area contributed by atoms with E-state index in [-0.39, 0.29) is 5.69 Å². The fraction of sp³-hybridized carbons (Fsp3) is 0. The average molecular weight is 423 g/mol. The number of hydrogen-bond acceptors (Lipinski definition) is 1. The van der Waals surface area contributed by atoms with Crippen LogP contribution >= 0.6 is 11.6 Å². The van der Waals surface area contributed by atoms with Gasteiger partial charge in [0, 0.05) is 16.1 Å². The molecule has 0 unspecified atom stereocenters. The predicted molar refractivity (Wildman–Crippen MR) is 127 cm³/mol. The number of imidazole rings is 1. The molecular formula is C27H19ClN2O. The molecule has 3 nitrogen and oxygen atoms in total. The van der Waals surface area contributed by atoms with Crippen molar-refractivity contribution >= 4 is 11.6 Å².